The summed E-state index contributed by atoms with van der Waals surface area (Å²) >= 11 is 0. The highest BCUT2D eigenvalue weighted by atomic mass is 16.3. The van der Waals surface area contributed by atoms with Gasteiger partial charge in [0.15, 0.2) is 0 Å². The number of hydrogen-bond donors (Lipinski definition) is 0. The molecule has 5 heterocycles. The Balaban J connectivity index is 0.961. The lowest BCUT2D eigenvalue weighted by atomic mass is 10.1. The van der Waals surface area contributed by atoms with Crippen LogP contribution in [0.2, 0.25) is 0 Å². The minimum absolute atomic E-state index is 0.517. The van der Waals surface area contributed by atoms with Gasteiger partial charge in [-0.2, -0.15) is 4.98 Å². The average molecular weight is 785 g/mol. The molecular weight excluding hydrogens is 753 g/mol. The maximum atomic E-state index is 6.70. The van der Waals surface area contributed by atoms with Crippen molar-refractivity contribution >= 4 is 122 Å². The van der Waals surface area contributed by atoms with Crippen LogP contribution in [0.25, 0.3) is 87.5 Å². The highest BCUT2D eigenvalue weighted by Crippen LogP contribution is 2.43. The molecule has 7 nitrogen and oxygen atoms in total. The first-order chi connectivity index (χ1) is 30.2. The van der Waals surface area contributed by atoms with E-state index in [0.717, 1.165) is 98.9 Å². The summed E-state index contributed by atoms with van der Waals surface area (Å²) in [4.78, 5) is 14.6. The Morgan fingerprint density at radius 3 is 1.38 bits per heavy atom. The Labute approximate surface area is 347 Å². The Hall–Kier alpha value is -8.42. The SMILES string of the molecule is c1ccc2cc(N(c3ccc4c(c3)oc3ccccc34)c3cc4oc5nc(N(c6ccc7ccccc7c6)c6ccc7c(c6)oc6ccccc67)ccc5c4cn3)ccc2c1. The molecule has 0 unspecified atom stereocenters. The van der Waals surface area contributed by atoms with Gasteiger partial charge in [0.25, 0.3) is 0 Å². The van der Waals surface area contributed by atoms with Crippen molar-refractivity contribution in [3.8, 4) is 0 Å². The number of aromatic nitrogens is 2. The van der Waals surface area contributed by atoms with Gasteiger partial charge in [-0.3, -0.25) is 9.80 Å². The minimum atomic E-state index is 0.517. The molecule has 0 N–H and O–H groups in total. The zero-order valence-corrected chi connectivity index (χ0v) is 32.5. The molecule has 7 heteroatoms. The number of rotatable bonds is 6. The van der Waals surface area contributed by atoms with Crippen LogP contribution in [0.4, 0.5) is 34.4 Å². The van der Waals surface area contributed by atoms with Crippen LogP contribution in [0.1, 0.15) is 0 Å². The van der Waals surface area contributed by atoms with E-state index < -0.39 is 0 Å². The van der Waals surface area contributed by atoms with E-state index in [9.17, 15) is 0 Å². The number of hydrogen-bond acceptors (Lipinski definition) is 7. The van der Waals surface area contributed by atoms with Crippen LogP contribution in [-0.4, -0.2) is 9.97 Å². The van der Waals surface area contributed by atoms with Crippen molar-refractivity contribution in [3.05, 3.63) is 194 Å². The predicted molar refractivity (Wildman–Crippen MR) is 248 cm³/mol. The van der Waals surface area contributed by atoms with Gasteiger partial charge in [0.2, 0.25) is 5.71 Å². The largest absolute Gasteiger partial charge is 0.456 e. The van der Waals surface area contributed by atoms with Crippen LogP contribution < -0.4 is 9.80 Å². The van der Waals surface area contributed by atoms with Gasteiger partial charge in [0.05, 0.1) is 11.4 Å². The molecule has 0 radical (unpaired) electrons. The number of anilines is 6. The number of nitrogens with zero attached hydrogens (tertiary/aromatic N) is 4. The molecule has 13 aromatic rings. The summed E-state index contributed by atoms with van der Waals surface area (Å²) in [5.41, 5.74) is 8.29. The van der Waals surface area contributed by atoms with Crippen molar-refractivity contribution in [2.75, 3.05) is 9.80 Å². The second-order valence-corrected chi connectivity index (χ2v) is 15.5. The molecule has 0 fully saturated rings. The zero-order valence-electron chi connectivity index (χ0n) is 32.5. The molecule has 5 aromatic heterocycles. The number of pyridine rings is 2. The third-order valence-electron chi connectivity index (χ3n) is 11.9. The lowest BCUT2D eigenvalue weighted by molar-refractivity contribution is 0.654. The van der Waals surface area contributed by atoms with Crippen molar-refractivity contribution < 1.29 is 13.3 Å². The molecule has 8 aromatic carbocycles. The van der Waals surface area contributed by atoms with Crippen LogP contribution >= 0.6 is 0 Å². The normalized spacial score (nSPS) is 11.9. The monoisotopic (exact) mass is 784 g/mol. The van der Waals surface area contributed by atoms with E-state index in [2.05, 4.69) is 149 Å². The first-order valence-corrected chi connectivity index (χ1v) is 20.3. The van der Waals surface area contributed by atoms with Gasteiger partial charge >= 0.3 is 0 Å². The maximum absolute atomic E-state index is 6.70. The Bertz CT molecular complexity index is 3630. The molecule has 13 rings (SSSR count). The molecule has 0 saturated carbocycles. The maximum Gasteiger partial charge on any atom is 0.229 e. The van der Waals surface area contributed by atoms with Crippen LogP contribution in [0, 0.1) is 0 Å². The molecule has 0 aliphatic heterocycles. The summed E-state index contributed by atoms with van der Waals surface area (Å²) in [6.07, 6.45) is 1.89. The topological polar surface area (TPSA) is 71.7 Å². The van der Waals surface area contributed by atoms with Gasteiger partial charge in [0, 0.05) is 68.1 Å². The fraction of sp³-hybridized carbons (Fsp3) is 0. The zero-order chi connectivity index (χ0) is 40.0. The van der Waals surface area contributed by atoms with Crippen LogP contribution in [0.15, 0.2) is 208 Å². The molecule has 61 heavy (non-hydrogen) atoms. The van der Waals surface area contributed by atoms with Crippen LogP contribution in [0.3, 0.4) is 0 Å². The second kappa shape index (κ2) is 13.0. The number of furan rings is 3. The molecule has 0 aliphatic carbocycles. The predicted octanol–water partition coefficient (Wildman–Crippen LogP) is 15.4. The van der Waals surface area contributed by atoms with E-state index in [1.165, 1.54) is 0 Å². The van der Waals surface area contributed by atoms with E-state index in [1.807, 2.05) is 54.7 Å². The van der Waals surface area contributed by atoms with Crippen LogP contribution in [0.5, 0.6) is 0 Å². The van der Waals surface area contributed by atoms with Crippen molar-refractivity contribution in [2.45, 2.75) is 0 Å². The van der Waals surface area contributed by atoms with E-state index in [4.69, 9.17) is 23.2 Å². The summed E-state index contributed by atoms with van der Waals surface area (Å²) in [5.74, 6) is 1.41. The molecule has 0 bridgehead atoms. The lowest BCUT2D eigenvalue weighted by Crippen LogP contribution is -2.11. The van der Waals surface area contributed by atoms with Crippen molar-refractivity contribution in [2.24, 2.45) is 0 Å². The van der Waals surface area contributed by atoms with Crippen molar-refractivity contribution in [1.29, 1.82) is 0 Å². The molecule has 0 saturated heterocycles. The van der Waals surface area contributed by atoms with Gasteiger partial charge in [-0.25, -0.2) is 4.98 Å². The third kappa shape index (κ3) is 5.38. The van der Waals surface area contributed by atoms with Gasteiger partial charge in [-0.05, 0) is 94.3 Å². The van der Waals surface area contributed by atoms with E-state index in [1.54, 1.807) is 0 Å². The summed E-state index contributed by atoms with van der Waals surface area (Å²) in [6.45, 7) is 0. The summed E-state index contributed by atoms with van der Waals surface area (Å²) < 4.78 is 19.4. The Morgan fingerprint density at radius 2 is 0.770 bits per heavy atom. The molecular formula is C54H32N4O3. The highest BCUT2D eigenvalue weighted by Gasteiger charge is 2.22. The smallest absolute Gasteiger partial charge is 0.229 e. The first kappa shape index (κ1) is 33.5. The van der Waals surface area contributed by atoms with Gasteiger partial charge in [0.1, 0.15) is 39.6 Å². The third-order valence-corrected chi connectivity index (χ3v) is 11.9. The Morgan fingerprint density at radius 1 is 0.311 bits per heavy atom. The quantitative estimate of drug-likeness (QED) is 0.166. The summed E-state index contributed by atoms with van der Waals surface area (Å²) in [6, 6.07) is 64.9. The average Bonchev–Trinajstić information content (AvgIpc) is 3.99. The molecule has 0 atom stereocenters. The summed E-state index contributed by atoms with van der Waals surface area (Å²) in [7, 11) is 0. The minimum Gasteiger partial charge on any atom is -0.456 e. The van der Waals surface area contributed by atoms with E-state index in [-0.39, 0.29) is 0 Å². The highest BCUT2D eigenvalue weighted by molar-refractivity contribution is 6.08. The van der Waals surface area contributed by atoms with Crippen molar-refractivity contribution in [3.63, 3.8) is 0 Å². The molecule has 0 spiro atoms. The van der Waals surface area contributed by atoms with Crippen molar-refractivity contribution in [1.82, 2.24) is 9.97 Å². The number of para-hydroxylation sites is 2. The summed E-state index contributed by atoms with van der Waals surface area (Å²) in [5, 5.41) is 10.7. The molecule has 0 amide bonds. The molecule has 0 aliphatic rings. The first-order valence-electron chi connectivity index (χ1n) is 20.3. The van der Waals surface area contributed by atoms with E-state index >= 15 is 0 Å². The standard InChI is InChI=1S/C54H32N4O3/c1-3-11-35-27-37(19-17-33(35)9-1)57(39-21-23-43-41-13-5-7-15-47(41)59-49(43)29-39)52-26-25-45-46-32-55-53(31-51(46)61-54(45)56-52)58(38-20-18-34-10-2-4-12-36(34)28-38)40-22-24-44-42-14-6-8-16-48(42)60-50(44)30-40/h1-32H. The van der Waals surface area contributed by atoms with Gasteiger partial charge in [-0.15, -0.1) is 0 Å². The van der Waals surface area contributed by atoms with Crippen LogP contribution in [-0.2, 0) is 0 Å². The Kier molecular flexibility index (Phi) is 7.17. The van der Waals surface area contributed by atoms with Gasteiger partial charge in [-0.1, -0.05) is 97.1 Å². The fourth-order valence-electron chi connectivity index (χ4n) is 8.94. The number of fused-ring (bicyclic) bond motifs is 11. The lowest BCUT2D eigenvalue weighted by Gasteiger charge is -2.24. The second-order valence-electron chi connectivity index (χ2n) is 15.5. The number of benzene rings is 8. The van der Waals surface area contributed by atoms with E-state index in [0.29, 0.717) is 22.9 Å². The fourth-order valence-corrected chi connectivity index (χ4v) is 8.94. The molecule has 286 valence electrons. The van der Waals surface area contributed by atoms with Gasteiger partial charge < -0.3 is 13.3 Å².